The summed E-state index contributed by atoms with van der Waals surface area (Å²) in [5.74, 6) is 0.523. The molecule has 1 fully saturated rings. The van der Waals surface area contributed by atoms with Crippen LogP contribution < -0.4 is 0 Å². The summed E-state index contributed by atoms with van der Waals surface area (Å²) < 4.78 is 5.68. The summed E-state index contributed by atoms with van der Waals surface area (Å²) in [6, 6.07) is 0. The highest BCUT2D eigenvalue weighted by atomic mass is 35.5. The minimum atomic E-state index is 0.523. The van der Waals surface area contributed by atoms with Crippen molar-refractivity contribution in [2.75, 3.05) is 6.61 Å². The summed E-state index contributed by atoms with van der Waals surface area (Å²) in [7, 11) is 0. The van der Waals surface area contributed by atoms with Gasteiger partial charge in [0.1, 0.15) is 0 Å². The molecule has 1 aliphatic carbocycles. The van der Waals surface area contributed by atoms with Gasteiger partial charge in [0, 0.05) is 18.4 Å². The van der Waals surface area contributed by atoms with Crippen LogP contribution in [0.3, 0.4) is 0 Å². The van der Waals surface area contributed by atoms with Crippen LogP contribution in [0.1, 0.15) is 36.4 Å². The number of rotatable bonds is 6. The average Bonchev–Trinajstić information content (AvgIpc) is 2.62. The first-order valence-corrected chi connectivity index (χ1v) is 6.91. The van der Waals surface area contributed by atoms with Crippen molar-refractivity contribution in [1.82, 2.24) is 4.98 Å². The highest BCUT2D eigenvalue weighted by Crippen LogP contribution is 2.22. The molecular weight excluding hydrogens is 230 g/mol. The second kappa shape index (κ2) is 5.83. The van der Waals surface area contributed by atoms with Gasteiger partial charge < -0.3 is 4.74 Å². The van der Waals surface area contributed by atoms with E-state index in [0.717, 1.165) is 25.1 Å². The molecule has 1 aromatic rings. The van der Waals surface area contributed by atoms with E-state index in [9.17, 15) is 0 Å². The Balaban J connectivity index is 1.60. The van der Waals surface area contributed by atoms with E-state index in [2.05, 4.69) is 4.98 Å². The van der Waals surface area contributed by atoms with E-state index in [-0.39, 0.29) is 0 Å². The van der Waals surface area contributed by atoms with E-state index < -0.39 is 0 Å². The van der Waals surface area contributed by atoms with E-state index >= 15 is 0 Å². The van der Waals surface area contributed by atoms with Crippen LogP contribution in [0.2, 0.25) is 0 Å². The number of halogens is 1. The molecule has 0 spiro atoms. The Labute approximate surface area is 99.6 Å². The van der Waals surface area contributed by atoms with E-state index in [0.29, 0.717) is 12.0 Å². The lowest BCUT2D eigenvalue weighted by molar-refractivity contribution is 0.00147. The van der Waals surface area contributed by atoms with Gasteiger partial charge in [0.2, 0.25) is 0 Å². The van der Waals surface area contributed by atoms with Crippen LogP contribution in [0.15, 0.2) is 5.38 Å². The van der Waals surface area contributed by atoms with Crippen molar-refractivity contribution in [3.8, 4) is 0 Å². The molecule has 2 rings (SSSR count). The summed E-state index contributed by atoms with van der Waals surface area (Å²) in [5, 5.41) is 3.22. The molecule has 0 bridgehead atoms. The summed E-state index contributed by atoms with van der Waals surface area (Å²) in [6.07, 6.45) is 6.51. The molecule has 1 heterocycles. The summed E-state index contributed by atoms with van der Waals surface area (Å²) in [5.41, 5.74) is 0.997. The average molecular weight is 246 g/mol. The molecule has 1 aliphatic rings. The van der Waals surface area contributed by atoms with Gasteiger partial charge in [0.15, 0.2) is 0 Å². The number of nitrogens with zero attached hydrogens (tertiary/aromatic N) is 1. The maximum atomic E-state index is 5.69. The second-order valence-electron chi connectivity index (χ2n) is 3.89. The fourth-order valence-corrected chi connectivity index (χ4v) is 2.60. The third-order valence-electron chi connectivity index (χ3n) is 2.68. The van der Waals surface area contributed by atoms with Gasteiger partial charge in [-0.25, -0.2) is 4.98 Å². The van der Waals surface area contributed by atoms with E-state index in [1.807, 2.05) is 5.38 Å². The minimum Gasteiger partial charge on any atom is -0.378 e. The maximum Gasteiger partial charge on any atom is 0.0929 e. The fraction of sp³-hybridized carbons (Fsp3) is 0.727. The summed E-state index contributed by atoms with van der Waals surface area (Å²) in [4.78, 5) is 4.41. The first kappa shape index (κ1) is 11.4. The third kappa shape index (κ3) is 3.44. The molecule has 2 nitrogen and oxygen atoms in total. The highest BCUT2D eigenvalue weighted by Gasteiger charge is 2.17. The molecule has 0 saturated heterocycles. The van der Waals surface area contributed by atoms with Crippen LogP contribution in [-0.4, -0.2) is 17.7 Å². The smallest absolute Gasteiger partial charge is 0.0929 e. The molecule has 1 aromatic heterocycles. The van der Waals surface area contributed by atoms with Crippen LogP contribution in [-0.2, 0) is 17.0 Å². The number of hydrogen-bond donors (Lipinski definition) is 0. The maximum absolute atomic E-state index is 5.69. The monoisotopic (exact) mass is 245 g/mol. The predicted octanol–water partition coefficient (Wildman–Crippen LogP) is 3.38. The third-order valence-corrected chi connectivity index (χ3v) is 3.91. The Morgan fingerprint density at radius 1 is 1.53 bits per heavy atom. The summed E-state index contributed by atoms with van der Waals surface area (Å²) >= 11 is 7.39. The molecule has 84 valence electrons. The van der Waals surface area contributed by atoms with Crippen molar-refractivity contribution in [1.29, 1.82) is 0 Å². The Hall–Kier alpha value is -0.120. The zero-order valence-corrected chi connectivity index (χ0v) is 10.3. The molecule has 0 unspecified atom stereocenters. The molecule has 0 aromatic carbocycles. The second-order valence-corrected chi connectivity index (χ2v) is 5.10. The van der Waals surface area contributed by atoms with Gasteiger partial charge in [-0.3, -0.25) is 0 Å². The van der Waals surface area contributed by atoms with Gasteiger partial charge in [-0.1, -0.05) is 0 Å². The van der Waals surface area contributed by atoms with Crippen LogP contribution in [0, 0.1) is 0 Å². The van der Waals surface area contributed by atoms with E-state index in [1.165, 1.54) is 24.3 Å². The highest BCUT2D eigenvalue weighted by molar-refractivity contribution is 7.09. The lowest BCUT2D eigenvalue weighted by atomic mass is 9.96. The normalized spacial score (nSPS) is 16.6. The molecule has 0 N–H and O–H groups in total. The summed E-state index contributed by atoms with van der Waals surface area (Å²) in [6.45, 7) is 0.875. The zero-order chi connectivity index (χ0) is 10.5. The number of ether oxygens (including phenoxy) is 1. The van der Waals surface area contributed by atoms with Gasteiger partial charge >= 0.3 is 0 Å². The number of aromatic nitrogens is 1. The van der Waals surface area contributed by atoms with Crippen molar-refractivity contribution < 1.29 is 4.74 Å². The topological polar surface area (TPSA) is 22.1 Å². The zero-order valence-electron chi connectivity index (χ0n) is 8.75. The Morgan fingerprint density at radius 3 is 3.00 bits per heavy atom. The van der Waals surface area contributed by atoms with Crippen molar-refractivity contribution in [3.63, 3.8) is 0 Å². The van der Waals surface area contributed by atoms with Crippen molar-refractivity contribution >= 4 is 22.9 Å². The fourth-order valence-electron chi connectivity index (χ4n) is 1.54. The molecule has 1 saturated carbocycles. The quantitative estimate of drug-likeness (QED) is 0.566. The number of aryl methyl sites for hydroxylation is 1. The van der Waals surface area contributed by atoms with Crippen LogP contribution in [0.5, 0.6) is 0 Å². The van der Waals surface area contributed by atoms with Crippen molar-refractivity contribution in [2.24, 2.45) is 0 Å². The lowest BCUT2D eigenvalue weighted by Crippen LogP contribution is -2.22. The van der Waals surface area contributed by atoms with E-state index in [1.54, 1.807) is 11.3 Å². The van der Waals surface area contributed by atoms with Crippen LogP contribution in [0.4, 0.5) is 0 Å². The molecule has 15 heavy (non-hydrogen) atoms. The first-order chi connectivity index (χ1) is 7.38. The van der Waals surface area contributed by atoms with E-state index in [4.69, 9.17) is 16.3 Å². The molecule has 0 radical (unpaired) electrons. The number of alkyl halides is 1. The number of hydrogen-bond acceptors (Lipinski definition) is 3. The number of thiazole rings is 1. The Morgan fingerprint density at radius 2 is 2.40 bits per heavy atom. The minimum absolute atomic E-state index is 0.523. The predicted molar refractivity (Wildman–Crippen MR) is 63.6 cm³/mol. The Kier molecular flexibility index (Phi) is 4.42. The van der Waals surface area contributed by atoms with Crippen molar-refractivity contribution in [3.05, 3.63) is 16.1 Å². The van der Waals surface area contributed by atoms with Gasteiger partial charge in [-0.15, -0.1) is 22.9 Å². The molecular formula is C11H16ClNOS. The van der Waals surface area contributed by atoms with Crippen LogP contribution in [0.25, 0.3) is 0 Å². The molecule has 0 atom stereocenters. The molecule has 0 amide bonds. The van der Waals surface area contributed by atoms with Crippen LogP contribution >= 0.6 is 22.9 Å². The lowest BCUT2D eigenvalue weighted by Gasteiger charge is -2.25. The molecule has 0 aliphatic heterocycles. The first-order valence-electron chi connectivity index (χ1n) is 5.49. The largest absolute Gasteiger partial charge is 0.378 e. The Bertz CT molecular complexity index is 299. The van der Waals surface area contributed by atoms with Gasteiger partial charge in [0.05, 0.1) is 22.7 Å². The van der Waals surface area contributed by atoms with Gasteiger partial charge in [-0.2, -0.15) is 0 Å². The van der Waals surface area contributed by atoms with Gasteiger partial charge in [-0.05, 0) is 25.7 Å². The SMILES string of the molecule is ClCc1csc(CCCOC2CCC2)n1. The molecule has 4 heteroatoms. The standard InChI is InChI=1S/C11H16ClNOS/c12-7-9-8-15-11(13-9)5-2-6-14-10-3-1-4-10/h8,10H,1-7H2. The van der Waals surface area contributed by atoms with Gasteiger partial charge in [0.25, 0.3) is 0 Å². The van der Waals surface area contributed by atoms with Crippen molar-refractivity contribution in [2.45, 2.75) is 44.1 Å².